The summed E-state index contributed by atoms with van der Waals surface area (Å²) < 4.78 is 0. The monoisotopic (exact) mass is 282 g/mol. The Morgan fingerprint density at radius 1 is 1.32 bits per heavy atom. The Balaban J connectivity index is 1.97. The minimum absolute atomic E-state index is 0.694. The van der Waals surface area contributed by atoms with E-state index in [1.165, 1.54) is 12.8 Å². The highest BCUT2D eigenvalue weighted by atomic mass is 35.5. The van der Waals surface area contributed by atoms with E-state index in [1.54, 1.807) is 6.20 Å². The fourth-order valence-electron chi connectivity index (χ4n) is 1.82. The van der Waals surface area contributed by atoms with Crippen LogP contribution in [0.4, 0.5) is 5.82 Å². The number of nitrogens with one attached hydrogen (secondary N) is 1. The Kier molecular flexibility index (Phi) is 5.02. The summed E-state index contributed by atoms with van der Waals surface area (Å²) in [6, 6.07) is 2.78. The molecule has 1 saturated carbocycles. The van der Waals surface area contributed by atoms with Gasteiger partial charge in [0.15, 0.2) is 0 Å². The van der Waals surface area contributed by atoms with Crippen molar-refractivity contribution in [3.05, 3.63) is 22.8 Å². The third-order valence-electron chi connectivity index (χ3n) is 3.35. The van der Waals surface area contributed by atoms with E-state index >= 15 is 0 Å². The zero-order valence-corrected chi connectivity index (χ0v) is 12.7. The van der Waals surface area contributed by atoms with Crippen molar-refractivity contribution in [3.63, 3.8) is 0 Å². The molecule has 106 valence electrons. The number of rotatable bonds is 7. The fourth-order valence-corrected chi connectivity index (χ4v) is 1.99. The summed E-state index contributed by atoms with van der Waals surface area (Å²) in [5, 5.41) is 4.24. The number of aromatic nitrogens is 1. The van der Waals surface area contributed by atoms with Gasteiger partial charge in [0.1, 0.15) is 5.82 Å². The van der Waals surface area contributed by atoms with E-state index in [9.17, 15) is 0 Å². The van der Waals surface area contributed by atoms with Crippen LogP contribution in [0.1, 0.15) is 18.4 Å². The molecule has 0 spiro atoms. The molecule has 1 N–H and O–H groups in total. The van der Waals surface area contributed by atoms with Gasteiger partial charge in [-0.05, 0) is 38.6 Å². The van der Waals surface area contributed by atoms with Crippen LogP contribution in [-0.2, 0) is 6.54 Å². The molecule has 0 aromatic carbocycles. The first kappa shape index (κ1) is 14.6. The SMILES string of the molecule is CN(C)CCN(C)c1cc(CNC2CC2)c(Cl)cn1. The Morgan fingerprint density at radius 3 is 2.68 bits per heavy atom. The van der Waals surface area contributed by atoms with E-state index in [-0.39, 0.29) is 0 Å². The molecule has 1 aromatic rings. The molecule has 19 heavy (non-hydrogen) atoms. The summed E-state index contributed by atoms with van der Waals surface area (Å²) in [5.74, 6) is 0.985. The fraction of sp³-hybridized carbons (Fsp3) is 0.643. The molecule has 2 rings (SSSR count). The van der Waals surface area contributed by atoms with Gasteiger partial charge in [-0.3, -0.25) is 0 Å². The maximum Gasteiger partial charge on any atom is 0.128 e. The maximum absolute atomic E-state index is 6.20. The molecule has 0 amide bonds. The molecule has 0 aliphatic heterocycles. The third-order valence-corrected chi connectivity index (χ3v) is 3.69. The molecule has 0 unspecified atom stereocenters. The van der Waals surface area contributed by atoms with Crippen LogP contribution in [0.15, 0.2) is 12.3 Å². The number of hydrogen-bond donors (Lipinski definition) is 1. The van der Waals surface area contributed by atoms with E-state index < -0.39 is 0 Å². The van der Waals surface area contributed by atoms with E-state index in [1.807, 2.05) is 0 Å². The second kappa shape index (κ2) is 6.55. The average Bonchev–Trinajstić information content (AvgIpc) is 3.19. The van der Waals surface area contributed by atoms with Crippen molar-refractivity contribution < 1.29 is 0 Å². The quantitative estimate of drug-likeness (QED) is 0.829. The smallest absolute Gasteiger partial charge is 0.128 e. The third kappa shape index (κ3) is 4.64. The van der Waals surface area contributed by atoms with Crippen LogP contribution >= 0.6 is 11.6 Å². The number of halogens is 1. The van der Waals surface area contributed by atoms with Gasteiger partial charge >= 0.3 is 0 Å². The predicted octanol–water partition coefficient (Wildman–Crippen LogP) is 1.98. The summed E-state index contributed by atoms with van der Waals surface area (Å²) in [6.07, 6.45) is 4.34. The molecule has 0 atom stereocenters. The lowest BCUT2D eigenvalue weighted by atomic mass is 10.2. The summed E-state index contributed by atoms with van der Waals surface area (Å²) in [4.78, 5) is 8.74. The minimum Gasteiger partial charge on any atom is -0.358 e. The summed E-state index contributed by atoms with van der Waals surface area (Å²) in [6.45, 7) is 2.80. The Labute approximate surface area is 120 Å². The van der Waals surface area contributed by atoms with Gasteiger partial charge in [-0.15, -0.1) is 0 Å². The largest absolute Gasteiger partial charge is 0.358 e. The van der Waals surface area contributed by atoms with E-state index in [4.69, 9.17) is 11.6 Å². The van der Waals surface area contributed by atoms with Crippen LogP contribution in [0.25, 0.3) is 0 Å². The second-order valence-corrected chi connectivity index (χ2v) is 5.92. The Bertz CT molecular complexity index is 418. The molecule has 1 heterocycles. The molecule has 5 heteroatoms. The Hall–Kier alpha value is -0.840. The zero-order chi connectivity index (χ0) is 13.8. The molecule has 1 fully saturated rings. The van der Waals surface area contributed by atoms with Crippen LogP contribution in [0.2, 0.25) is 5.02 Å². The van der Waals surface area contributed by atoms with Crippen LogP contribution in [0.3, 0.4) is 0 Å². The van der Waals surface area contributed by atoms with E-state index in [0.717, 1.165) is 36.0 Å². The molecule has 4 nitrogen and oxygen atoms in total. The van der Waals surface area contributed by atoms with Crippen molar-refractivity contribution in [1.82, 2.24) is 15.2 Å². The zero-order valence-electron chi connectivity index (χ0n) is 12.0. The molecule has 0 bridgehead atoms. The van der Waals surface area contributed by atoms with Crippen LogP contribution < -0.4 is 10.2 Å². The van der Waals surface area contributed by atoms with Crippen LogP contribution in [-0.4, -0.2) is 50.2 Å². The molecule has 1 aliphatic rings. The van der Waals surface area contributed by atoms with Crippen molar-refractivity contribution in [2.75, 3.05) is 39.1 Å². The summed E-state index contributed by atoms with van der Waals surface area (Å²) in [7, 11) is 6.22. The summed E-state index contributed by atoms with van der Waals surface area (Å²) in [5.41, 5.74) is 1.13. The van der Waals surface area contributed by atoms with Crippen LogP contribution in [0, 0.1) is 0 Å². The predicted molar refractivity (Wildman–Crippen MR) is 80.9 cm³/mol. The number of hydrogen-bond acceptors (Lipinski definition) is 4. The highest BCUT2D eigenvalue weighted by molar-refractivity contribution is 6.31. The van der Waals surface area contributed by atoms with Crippen molar-refractivity contribution in [2.45, 2.75) is 25.4 Å². The van der Waals surface area contributed by atoms with Crippen molar-refractivity contribution >= 4 is 17.4 Å². The number of nitrogens with zero attached hydrogens (tertiary/aromatic N) is 3. The molecule has 1 aromatic heterocycles. The topological polar surface area (TPSA) is 31.4 Å². The van der Waals surface area contributed by atoms with Gasteiger partial charge in [0.05, 0.1) is 5.02 Å². The van der Waals surface area contributed by atoms with Crippen molar-refractivity contribution in [3.8, 4) is 0 Å². The number of likely N-dealkylation sites (N-methyl/N-ethyl adjacent to an activating group) is 2. The second-order valence-electron chi connectivity index (χ2n) is 5.51. The molecular formula is C14H23ClN4. The first-order valence-corrected chi connectivity index (χ1v) is 7.17. The van der Waals surface area contributed by atoms with Gasteiger partial charge in [-0.1, -0.05) is 11.6 Å². The van der Waals surface area contributed by atoms with Crippen LogP contribution in [0.5, 0.6) is 0 Å². The number of pyridine rings is 1. The molecule has 0 radical (unpaired) electrons. The van der Waals surface area contributed by atoms with Gasteiger partial charge in [0.25, 0.3) is 0 Å². The highest BCUT2D eigenvalue weighted by Crippen LogP contribution is 2.23. The first-order valence-electron chi connectivity index (χ1n) is 6.80. The van der Waals surface area contributed by atoms with Crippen molar-refractivity contribution in [2.24, 2.45) is 0 Å². The lowest BCUT2D eigenvalue weighted by Crippen LogP contribution is -2.29. The standard InChI is InChI=1S/C14H23ClN4/c1-18(2)6-7-19(3)14-8-11(13(15)10-17-14)9-16-12-4-5-12/h8,10,12,16H,4-7,9H2,1-3H3. The molecular weight excluding hydrogens is 260 g/mol. The Morgan fingerprint density at radius 2 is 2.05 bits per heavy atom. The average molecular weight is 283 g/mol. The maximum atomic E-state index is 6.20. The molecule has 1 aliphatic carbocycles. The van der Waals surface area contributed by atoms with Gasteiger partial charge in [0.2, 0.25) is 0 Å². The lowest BCUT2D eigenvalue weighted by Gasteiger charge is -2.21. The summed E-state index contributed by atoms with van der Waals surface area (Å²) >= 11 is 6.20. The highest BCUT2D eigenvalue weighted by Gasteiger charge is 2.20. The lowest BCUT2D eigenvalue weighted by molar-refractivity contribution is 0.416. The first-order chi connectivity index (χ1) is 9.06. The van der Waals surface area contributed by atoms with Crippen molar-refractivity contribution in [1.29, 1.82) is 0 Å². The molecule has 0 saturated heterocycles. The van der Waals surface area contributed by atoms with Gasteiger partial charge in [-0.2, -0.15) is 0 Å². The number of anilines is 1. The van der Waals surface area contributed by atoms with E-state index in [2.05, 4.69) is 47.3 Å². The minimum atomic E-state index is 0.694. The van der Waals surface area contributed by atoms with Gasteiger partial charge in [-0.25, -0.2) is 4.98 Å². The van der Waals surface area contributed by atoms with Gasteiger partial charge < -0.3 is 15.1 Å². The van der Waals surface area contributed by atoms with E-state index in [0.29, 0.717) is 6.04 Å². The normalized spacial score (nSPS) is 15.0. The van der Waals surface area contributed by atoms with Gasteiger partial charge in [0, 0.05) is 38.9 Å².